The molecule has 1 saturated heterocycles. The molecule has 1 aliphatic rings. The molecule has 0 amide bonds. The summed E-state index contributed by atoms with van der Waals surface area (Å²) in [5.74, 6) is -0.131. The Kier molecular flexibility index (Phi) is 7.08. The molecule has 9 heteroatoms. The Morgan fingerprint density at radius 2 is 2.09 bits per heavy atom. The summed E-state index contributed by atoms with van der Waals surface area (Å²) in [6, 6.07) is 2.60. The Labute approximate surface area is 137 Å². The molecule has 0 radical (unpaired) electrons. The number of benzene rings is 1. The van der Waals surface area contributed by atoms with Crippen molar-refractivity contribution in [1.29, 1.82) is 0 Å². The third-order valence-corrected chi connectivity index (χ3v) is 3.62. The number of hydrogen-bond donors (Lipinski definition) is 1. The van der Waals surface area contributed by atoms with Crippen LogP contribution in [0.2, 0.25) is 0 Å². The molecular weight excluding hydrogens is 337 g/mol. The molecule has 5 nitrogen and oxygen atoms in total. The van der Waals surface area contributed by atoms with Gasteiger partial charge in [-0.25, -0.2) is 0 Å². The summed E-state index contributed by atoms with van der Waals surface area (Å²) in [6.07, 6.45) is -0.689. The summed E-state index contributed by atoms with van der Waals surface area (Å²) in [4.78, 5) is 10.1. The number of halogens is 4. The minimum Gasteiger partial charge on any atom is -0.487 e. The maximum atomic E-state index is 12.6. The van der Waals surface area contributed by atoms with Gasteiger partial charge in [0.2, 0.25) is 0 Å². The first-order valence-electron chi connectivity index (χ1n) is 7.10. The van der Waals surface area contributed by atoms with E-state index < -0.39 is 22.4 Å². The first-order chi connectivity index (χ1) is 10.4. The van der Waals surface area contributed by atoms with Gasteiger partial charge in [0.25, 0.3) is 0 Å². The molecule has 1 aliphatic heterocycles. The number of nitro groups is 1. The van der Waals surface area contributed by atoms with Crippen LogP contribution in [0.25, 0.3) is 0 Å². The summed E-state index contributed by atoms with van der Waals surface area (Å²) in [7, 11) is 0. The molecule has 0 spiro atoms. The molecule has 0 aliphatic carbocycles. The van der Waals surface area contributed by atoms with E-state index in [9.17, 15) is 23.3 Å². The Morgan fingerprint density at radius 1 is 1.35 bits per heavy atom. The van der Waals surface area contributed by atoms with E-state index in [-0.39, 0.29) is 24.8 Å². The summed E-state index contributed by atoms with van der Waals surface area (Å²) in [6.45, 7) is 1.16. The summed E-state index contributed by atoms with van der Waals surface area (Å²) >= 11 is 0. The molecule has 1 heterocycles. The Hall–Kier alpha value is -1.54. The van der Waals surface area contributed by atoms with Crippen molar-refractivity contribution in [3.8, 4) is 5.75 Å². The van der Waals surface area contributed by atoms with E-state index in [2.05, 4.69) is 5.32 Å². The van der Waals surface area contributed by atoms with Crippen molar-refractivity contribution >= 4 is 18.1 Å². The second kappa shape index (κ2) is 8.35. The number of rotatable bonds is 5. The first kappa shape index (κ1) is 19.5. The van der Waals surface area contributed by atoms with Gasteiger partial charge in [-0.05, 0) is 37.9 Å². The lowest BCUT2D eigenvalue weighted by Gasteiger charge is -2.23. The number of nitro benzene ring substituents is 1. The SMILES string of the molecule is Cl.O=[N+]([O-])c1cc(C(F)(F)F)ccc1OCCC1CCCCN1. The Balaban J connectivity index is 0.00000264. The highest BCUT2D eigenvalue weighted by molar-refractivity contribution is 5.85. The molecule has 130 valence electrons. The third-order valence-electron chi connectivity index (χ3n) is 3.62. The minimum absolute atomic E-state index is 0. The fraction of sp³-hybridized carbons (Fsp3) is 0.571. The molecule has 1 atom stereocenters. The molecule has 0 bridgehead atoms. The standard InChI is InChI=1S/C14H17F3N2O3.ClH/c15-14(16,17)10-4-5-13(12(9-10)19(20)21)22-8-6-11-3-1-2-7-18-11;/h4-5,9,11,18H,1-3,6-8H2;1H. The Morgan fingerprint density at radius 3 is 2.65 bits per heavy atom. The normalized spacial score (nSPS) is 18.1. The van der Waals surface area contributed by atoms with Gasteiger partial charge in [0.15, 0.2) is 5.75 Å². The number of hydrogen-bond acceptors (Lipinski definition) is 4. The van der Waals surface area contributed by atoms with Crippen LogP contribution < -0.4 is 10.1 Å². The topological polar surface area (TPSA) is 64.4 Å². The van der Waals surface area contributed by atoms with Crippen LogP contribution >= 0.6 is 12.4 Å². The van der Waals surface area contributed by atoms with Gasteiger partial charge < -0.3 is 10.1 Å². The van der Waals surface area contributed by atoms with Gasteiger partial charge in [-0.15, -0.1) is 12.4 Å². The fourth-order valence-corrected chi connectivity index (χ4v) is 2.44. The molecular formula is C14H18ClF3N2O3. The van der Waals surface area contributed by atoms with Gasteiger partial charge in [0.1, 0.15) is 0 Å². The van der Waals surface area contributed by atoms with Crippen molar-refractivity contribution in [3.05, 3.63) is 33.9 Å². The predicted molar refractivity (Wildman–Crippen MR) is 81.1 cm³/mol. The van der Waals surface area contributed by atoms with Gasteiger partial charge in [-0.1, -0.05) is 6.42 Å². The quantitative estimate of drug-likeness (QED) is 0.642. The highest BCUT2D eigenvalue weighted by atomic mass is 35.5. The second-order valence-electron chi connectivity index (χ2n) is 5.22. The number of piperidine rings is 1. The largest absolute Gasteiger partial charge is 0.487 e. The lowest BCUT2D eigenvalue weighted by atomic mass is 10.0. The molecule has 1 fully saturated rings. The van der Waals surface area contributed by atoms with Crippen LogP contribution in [-0.2, 0) is 6.18 Å². The summed E-state index contributed by atoms with van der Waals surface area (Å²) < 4.78 is 43.1. The maximum Gasteiger partial charge on any atom is 0.416 e. The van der Waals surface area contributed by atoms with E-state index in [1.807, 2.05) is 0 Å². The first-order valence-corrected chi connectivity index (χ1v) is 7.10. The van der Waals surface area contributed by atoms with E-state index in [4.69, 9.17) is 4.74 Å². The molecule has 1 unspecified atom stereocenters. The Bertz CT molecular complexity index is 534. The zero-order valence-electron chi connectivity index (χ0n) is 12.3. The lowest BCUT2D eigenvalue weighted by molar-refractivity contribution is -0.386. The average molecular weight is 355 g/mol. The maximum absolute atomic E-state index is 12.6. The zero-order chi connectivity index (χ0) is 16.2. The van der Waals surface area contributed by atoms with Crippen LogP contribution in [0.3, 0.4) is 0 Å². The van der Waals surface area contributed by atoms with Crippen LogP contribution in [-0.4, -0.2) is 24.1 Å². The van der Waals surface area contributed by atoms with Gasteiger partial charge in [-0.2, -0.15) is 13.2 Å². The minimum atomic E-state index is -4.62. The monoisotopic (exact) mass is 354 g/mol. The molecule has 1 aromatic carbocycles. The molecule has 23 heavy (non-hydrogen) atoms. The van der Waals surface area contributed by atoms with Gasteiger partial charge >= 0.3 is 11.9 Å². The predicted octanol–water partition coefficient (Wildman–Crippen LogP) is 3.95. The van der Waals surface area contributed by atoms with Crippen LogP contribution in [0.1, 0.15) is 31.2 Å². The lowest BCUT2D eigenvalue weighted by Crippen LogP contribution is -2.35. The zero-order valence-corrected chi connectivity index (χ0v) is 13.1. The molecule has 1 N–H and O–H groups in total. The smallest absolute Gasteiger partial charge is 0.416 e. The van der Waals surface area contributed by atoms with E-state index >= 15 is 0 Å². The van der Waals surface area contributed by atoms with Gasteiger partial charge in [-0.3, -0.25) is 10.1 Å². The van der Waals surface area contributed by atoms with Gasteiger partial charge in [0.05, 0.1) is 17.1 Å². The van der Waals surface area contributed by atoms with Crippen LogP contribution in [0.4, 0.5) is 18.9 Å². The van der Waals surface area contributed by atoms with Crippen molar-refractivity contribution < 1.29 is 22.8 Å². The van der Waals surface area contributed by atoms with Crippen molar-refractivity contribution in [3.63, 3.8) is 0 Å². The number of nitrogens with one attached hydrogen (secondary N) is 1. The highest BCUT2D eigenvalue weighted by Crippen LogP contribution is 2.36. The van der Waals surface area contributed by atoms with E-state index in [0.717, 1.165) is 37.9 Å². The van der Waals surface area contributed by atoms with E-state index in [0.29, 0.717) is 18.5 Å². The summed E-state index contributed by atoms with van der Waals surface area (Å²) in [5.41, 5.74) is -1.72. The number of nitrogens with zero attached hydrogens (tertiary/aromatic N) is 1. The molecule has 1 aromatic rings. The molecule has 2 rings (SSSR count). The molecule has 0 aromatic heterocycles. The van der Waals surface area contributed by atoms with Crippen molar-refractivity contribution in [2.75, 3.05) is 13.2 Å². The molecule has 0 saturated carbocycles. The average Bonchev–Trinajstić information content (AvgIpc) is 2.47. The van der Waals surface area contributed by atoms with Crippen LogP contribution in [0.5, 0.6) is 5.75 Å². The van der Waals surface area contributed by atoms with Crippen molar-refractivity contribution in [2.45, 2.75) is 37.9 Å². The van der Waals surface area contributed by atoms with E-state index in [1.165, 1.54) is 0 Å². The van der Waals surface area contributed by atoms with Crippen LogP contribution in [0.15, 0.2) is 18.2 Å². The van der Waals surface area contributed by atoms with Crippen LogP contribution in [0, 0.1) is 10.1 Å². The number of alkyl halides is 3. The van der Waals surface area contributed by atoms with Crippen molar-refractivity contribution in [2.24, 2.45) is 0 Å². The van der Waals surface area contributed by atoms with Gasteiger partial charge in [0, 0.05) is 12.1 Å². The van der Waals surface area contributed by atoms with E-state index in [1.54, 1.807) is 0 Å². The fourth-order valence-electron chi connectivity index (χ4n) is 2.44. The summed E-state index contributed by atoms with van der Waals surface area (Å²) in [5, 5.41) is 14.2. The second-order valence-corrected chi connectivity index (χ2v) is 5.22. The number of ether oxygens (including phenoxy) is 1. The highest BCUT2D eigenvalue weighted by Gasteiger charge is 2.33. The third kappa shape index (κ3) is 5.54. The van der Waals surface area contributed by atoms with Crippen molar-refractivity contribution in [1.82, 2.24) is 5.32 Å².